The minimum atomic E-state index is 0.344. The molecule has 1 atom stereocenters. The summed E-state index contributed by atoms with van der Waals surface area (Å²) >= 11 is 0. The predicted molar refractivity (Wildman–Crippen MR) is 132 cm³/mol. The van der Waals surface area contributed by atoms with Crippen molar-refractivity contribution in [2.24, 2.45) is 5.92 Å². The van der Waals surface area contributed by atoms with Crippen molar-refractivity contribution in [2.45, 2.75) is 38.4 Å². The van der Waals surface area contributed by atoms with Gasteiger partial charge in [-0.15, -0.1) is 0 Å². The highest BCUT2D eigenvalue weighted by atomic mass is 16.5. The number of rotatable bonds is 9. The number of hydrogen-bond acceptors (Lipinski definition) is 5. The molecule has 0 aliphatic carbocycles. The Morgan fingerprint density at radius 1 is 1.06 bits per heavy atom. The van der Waals surface area contributed by atoms with E-state index in [1.54, 1.807) is 19.2 Å². The Morgan fingerprint density at radius 2 is 1.82 bits per heavy atom. The van der Waals surface area contributed by atoms with Crippen molar-refractivity contribution in [1.82, 2.24) is 14.8 Å². The number of pyridine rings is 1. The molecule has 0 saturated carbocycles. The maximum Gasteiger partial charge on any atom is 0.120 e. The number of aromatic hydroxyl groups is 1. The lowest BCUT2D eigenvalue weighted by Crippen LogP contribution is -2.44. The van der Waals surface area contributed by atoms with Crippen LogP contribution in [0, 0.1) is 5.92 Å². The summed E-state index contributed by atoms with van der Waals surface area (Å²) in [6, 6.07) is 21.0. The van der Waals surface area contributed by atoms with Gasteiger partial charge in [-0.1, -0.05) is 36.4 Å². The fourth-order valence-corrected chi connectivity index (χ4v) is 4.99. The molecule has 0 radical (unpaired) electrons. The monoisotopic (exact) mass is 445 g/mol. The summed E-state index contributed by atoms with van der Waals surface area (Å²) in [5.41, 5.74) is 3.58. The van der Waals surface area contributed by atoms with Gasteiger partial charge in [-0.2, -0.15) is 0 Å². The Bertz CT molecular complexity index is 989. The highest BCUT2D eigenvalue weighted by molar-refractivity contribution is 5.39. The molecule has 4 rings (SSSR count). The second-order valence-electron chi connectivity index (χ2n) is 9.14. The lowest BCUT2D eigenvalue weighted by atomic mass is 9.84. The first kappa shape index (κ1) is 23.3. The smallest absolute Gasteiger partial charge is 0.120 e. The number of likely N-dealkylation sites (N-methyl/N-ethyl adjacent to an activating group) is 1. The molecular weight excluding hydrogens is 410 g/mol. The normalized spacial score (nSPS) is 16.1. The van der Waals surface area contributed by atoms with E-state index in [-0.39, 0.29) is 0 Å². The zero-order valence-corrected chi connectivity index (χ0v) is 19.7. The first-order valence-corrected chi connectivity index (χ1v) is 11.8. The number of hydrogen-bond donors (Lipinski definition) is 1. The summed E-state index contributed by atoms with van der Waals surface area (Å²) in [5, 5.41) is 10.3. The highest BCUT2D eigenvalue weighted by Gasteiger charge is 2.29. The fraction of sp³-hybridized carbons (Fsp3) is 0.393. The average Bonchev–Trinajstić information content (AvgIpc) is 2.86. The molecule has 1 aliphatic heterocycles. The van der Waals surface area contributed by atoms with Crippen molar-refractivity contribution in [3.63, 3.8) is 0 Å². The van der Waals surface area contributed by atoms with Crippen LogP contribution in [0.4, 0.5) is 0 Å². The van der Waals surface area contributed by atoms with E-state index >= 15 is 0 Å². The standard InChI is InChI=1S/C28H35N3O2/c1-30(20-23-9-6-14-29-19-23)27(17-22-7-4-3-5-8-22)24-12-15-31(16-13-24)21-25-18-26(33-2)10-11-28(25)32/h3-11,14,18-19,24,27,32H,12-13,15-17,20-21H2,1-2H3. The molecule has 0 bridgehead atoms. The molecule has 174 valence electrons. The van der Waals surface area contributed by atoms with E-state index in [0.29, 0.717) is 17.7 Å². The molecule has 33 heavy (non-hydrogen) atoms. The average molecular weight is 446 g/mol. The summed E-state index contributed by atoms with van der Waals surface area (Å²) in [7, 11) is 3.91. The van der Waals surface area contributed by atoms with Crippen LogP contribution in [0.5, 0.6) is 11.5 Å². The zero-order chi connectivity index (χ0) is 23.0. The Hall–Kier alpha value is -2.89. The molecular formula is C28H35N3O2. The van der Waals surface area contributed by atoms with Gasteiger partial charge in [0.25, 0.3) is 0 Å². The van der Waals surface area contributed by atoms with Gasteiger partial charge < -0.3 is 9.84 Å². The molecule has 5 heteroatoms. The molecule has 0 amide bonds. The van der Waals surface area contributed by atoms with E-state index in [2.05, 4.69) is 58.2 Å². The summed E-state index contributed by atoms with van der Waals surface area (Å²) in [6.07, 6.45) is 7.16. The molecule has 5 nitrogen and oxygen atoms in total. The van der Waals surface area contributed by atoms with E-state index in [4.69, 9.17) is 4.74 Å². The molecule has 0 spiro atoms. The number of aromatic nitrogens is 1. The Kier molecular flexibility index (Phi) is 7.97. The van der Waals surface area contributed by atoms with Gasteiger partial charge in [0.2, 0.25) is 0 Å². The molecule has 1 fully saturated rings. The SMILES string of the molecule is COc1ccc(O)c(CN2CCC(C(Cc3ccccc3)N(C)Cc3cccnc3)CC2)c1. The number of likely N-dealkylation sites (tertiary alicyclic amines) is 1. The molecule has 1 aromatic heterocycles. The molecule has 2 aromatic carbocycles. The van der Waals surface area contributed by atoms with Gasteiger partial charge in [-0.3, -0.25) is 14.8 Å². The Morgan fingerprint density at radius 3 is 2.52 bits per heavy atom. The predicted octanol–water partition coefficient (Wildman–Crippen LogP) is 4.75. The van der Waals surface area contributed by atoms with Crippen LogP contribution in [0.2, 0.25) is 0 Å². The maximum atomic E-state index is 10.3. The number of nitrogens with zero attached hydrogens (tertiary/aromatic N) is 3. The molecule has 2 heterocycles. The molecule has 1 unspecified atom stereocenters. The van der Waals surface area contributed by atoms with Gasteiger partial charge in [-0.25, -0.2) is 0 Å². The summed E-state index contributed by atoms with van der Waals surface area (Å²) in [4.78, 5) is 9.26. The van der Waals surface area contributed by atoms with Crippen molar-refractivity contribution in [3.05, 3.63) is 89.7 Å². The van der Waals surface area contributed by atoms with E-state index in [9.17, 15) is 5.11 Å². The number of benzene rings is 2. The molecule has 1 N–H and O–H groups in total. The second-order valence-corrected chi connectivity index (χ2v) is 9.14. The van der Waals surface area contributed by atoms with Crippen LogP contribution in [0.25, 0.3) is 0 Å². The van der Waals surface area contributed by atoms with Gasteiger partial charge in [0.1, 0.15) is 11.5 Å². The maximum absolute atomic E-state index is 10.3. The van der Waals surface area contributed by atoms with Crippen LogP contribution in [-0.4, -0.2) is 53.2 Å². The Labute approximate surface area is 197 Å². The minimum absolute atomic E-state index is 0.344. The Balaban J connectivity index is 1.42. The third-order valence-electron chi connectivity index (χ3n) is 6.87. The summed E-state index contributed by atoms with van der Waals surface area (Å²) < 4.78 is 5.34. The van der Waals surface area contributed by atoms with Crippen LogP contribution in [0.15, 0.2) is 73.1 Å². The van der Waals surface area contributed by atoms with Gasteiger partial charge >= 0.3 is 0 Å². The van der Waals surface area contributed by atoms with Gasteiger partial charge in [0, 0.05) is 37.1 Å². The van der Waals surface area contributed by atoms with Gasteiger partial charge in [0.15, 0.2) is 0 Å². The van der Waals surface area contributed by atoms with Crippen LogP contribution in [0.1, 0.15) is 29.5 Å². The van der Waals surface area contributed by atoms with E-state index < -0.39 is 0 Å². The van der Waals surface area contributed by atoms with Crippen LogP contribution in [0.3, 0.4) is 0 Å². The topological polar surface area (TPSA) is 48.8 Å². The zero-order valence-electron chi connectivity index (χ0n) is 19.7. The first-order valence-electron chi connectivity index (χ1n) is 11.8. The van der Waals surface area contributed by atoms with Crippen molar-refractivity contribution < 1.29 is 9.84 Å². The largest absolute Gasteiger partial charge is 0.508 e. The lowest BCUT2D eigenvalue weighted by Gasteiger charge is -2.40. The van der Waals surface area contributed by atoms with E-state index in [1.807, 2.05) is 24.5 Å². The summed E-state index contributed by atoms with van der Waals surface area (Å²) in [6.45, 7) is 3.73. The third kappa shape index (κ3) is 6.34. The third-order valence-corrected chi connectivity index (χ3v) is 6.87. The van der Waals surface area contributed by atoms with Gasteiger partial charge in [-0.05, 0) is 80.7 Å². The molecule has 3 aromatic rings. The van der Waals surface area contributed by atoms with Crippen molar-refractivity contribution in [2.75, 3.05) is 27.2 Å². The molecule has 1 saturated heterocycles. The molecule has 1 aliphatic rings. The number of phenolic OH excluding ortho intramolecular Hbond substituents is 1. The van der Waals surface area contributed by atoms with Crippen LogP contribution >= 0.6 is 0 Å². The van der Waals surface area contributed by atoms with Crippen LogP contribution < -0.4 is 4.74 Å². The number of ether oxygens (including phenoxy) is 1. The fourth-order valence-electron chi connectivity index (χ4n) is 4.99. The van der Waals surface area contributed by atoms with Gasteiger partial charge in [0.05, 0.1) is 7.11 Å². The van der Waals surface area contributed by atoms with Crippen molar-refractivity contribution >= 4 is 0 Å². The van der Waals surface area contributed by atoms with E-state index in [0.717, 1.165) is 56.8 Å². The second kappa shape index (κ2) is 11.3. The number of phenols is 1. The van der Waals surface area contributed by atoms with Crippen LogP contribution in [-0.2, 0) is 19.5 Å². The number of methoxy groups -OCH3 is 1. The quantitative estimate of drug-likeness (QED) is 0.515. The summed E-state index contributed by atoms with van der Waals surface area (Å²) in [5.74, 6) is 1.76. The highest BCUT2D eigenvalue weighted by Crippen LogP contribution is 2.30. The lowest BCUT2D eigenvalue weighted by molar-refractivity contribution is 0.0950. The number of piperidine rings is 1. The minimum Gasteiger partial charge on any atom is -0.508 e. The van der Waals surface area contributed by atoms with Crippen molar-refractivity contribution in [1.29, 1.82) is 0 Å². The first-order chi connectivity index (χ1) is 16.1. The van der Waals surface area contributed by atoms with E-state index in [1.165, 1.54) is 11.1 Å². The van der Waals surface area contributed by atoms with Crippen molar-refractivity contribution in [3.8, 4) is 11.5 Å².